The van der Waals surface area contributed by atoms with Crippen LogP contribution in [0.1, 0.15) is 25.3 Å². The Balaban J connectivity index is 2.31. The second kappa shape index (κ2) is 2.96. The van der Waals surface area contributed by atoms with E-state index in [0.29, 0.717) is 5.15 Å². The van der Waals surface area contributed by atoms with E-state index in [0.717, 1.165) is 18.4 Å². The summed E-state index contributed by atoms with van der Waals surface area (Å²) in [6.45, 7) is 1.83. The summed E-state index contributed by atoms with van der Waals surface area (Å²) in [5.74, 6) is 0. The molecule has 0 amide bonds. The van der Waals surface area contributed by atoms with Gasteiger partial charge in [0.05, 0.1) is 6.10 Å². The van der Waals surface area contributed by atoms with Crippen molar-refractivity contribution in [1.29, 1.82) is 0 Å². The van der Waals surface area contributed by atoms with E-state index in [1.54, 1.807) is 12.3 Å². The van der Waals surface area contributed by atoms with Crippen LogP contribution in [0, 0.1) is 0 Å². The normalized spacial score (nSPS) is 21.2. The van der Waals surface area contributed by atoms with Gasteiger partial charge in [0, 0.05) is 11.6 Å². The van der Waals surface area contributed by atoms with E-state index in [2.05, 4.69) is 4.98 Å². The number of aliphatic hydroxyl groups excluding tert-OH is 1. The molecule has 0 bridgehead atoms. The highest BCUT2D eigenvalue weighted by atomic mass is 35.5. The van der Waals surface area contributed by atoms with Gasteiger partial charge < -0.3 is 5.11 Å². The minimum absolute atomic E-state index is 0.0302. The summed E-state index contributed by atoms with van der Waals surface area (Å²) < 4.78 is 0. The summed E-state index contributed by atoms with van der Waals surface area (Å²) >= 11 is 5.69. The lowest BCUT2D eigenvalue weighted by Crippen LogP contribution is -2.22. The van der Waals surface area contributed by atoms with Crippen LogP contribution in [0.4, 0.5) is 0 Å². The SMILES string of the molecule is CC(O)C1(c2ccc(Cl)nc2)CC1. The molecule has 2 rings (SSSR count). The number of hydrogen-bond donors (Lipinski definition) is 1. The van der Waals surface area contributed by atoms with Crippen molar-refractivity contribution in [1.82, 2.24) is 4.98 Å². The van der Waals surface area contributed by atoms with Gasteiger partial charge >= 0.3 is 0 Å². The van der Waals surface area contributed by atoms with Gasteiger partial charge in [-0.1, -0.05) is 17.7 Å². The monoisotopic (exact) mass is 197 g/mol. The quantitative estimate of drug-likeness (QED) is 0.737. The molecule has 0 spiro atoms. The summed E-state index contributed by atoms with van der Waals surface area (Å²) in [6.07, 6.45) is 3.57. The van der Waals surface area contributed by atoms with E-state index in [1.165, 1.54) is 0 Å². The Bertz CT molecular complexity index is 303. The number of hydrogen-bond acceptors (Lipinski definition) is 2. The first kappa shape index (κ1) is 8.97. The van der Waals surface area contributed by atoms with Gasteiger partial charge in [0.1, 0.15) is 5.15 Å². The maximum atomic E-state index is 9.60. The van der Waals surface area contributed by atoms with Crippen LogP contribution in [0.5, 0.6) is 0 Å². The largest absolute Gasteiger partial charge is 0.392 e. The molecule has 1 unspecified atom stereocenters. The van der Waals surface area contributed by atoms with E-state index in [1.807, 2.05) is 13.0 Å². The lowest BCUT2D eigenvalue weighted by atomic mass is 9.92. The van der Waals surface area contributed by atoms with Crippen molar-refractivity contribution in [2.75, 3.05) is 0 Å². The number of rotatable bonds is 2. The van der Waals surface area contributed by atoms with Crippen molar-refractivity contribution in [3.63, 3.8) is 0 Å². The van der Waals surface area contributed by atoms with Crippen LogP contribution in [0.3, 0.4) is 0 Å². The first-order valence-corrected chi connectivity index (χ1v) is 4.83. The number of aliphatic hydroxyl groups is 1. The highest BCUT2D eigenvalue weighted by Gasteiger charge is 2.48. The molecule has 1 aliphatic rings. The molecule has 70 valence electrons. The van der Waals surface area contributed by atoms with Crippen molar-refractivity contribution < 1.29 is 5.11 Å². The summed E-state index contributed by atoms with van der Waals surface area (Å²) in [6, 6.07) is 3.73. The highest BCUT2D eigenvalue weighted by molar-refractivity contribution is 6.29. The Morgan fingerprint density at radius 1 is 1.54 bits per heavy atom. The average Bonchev–Trinajstić information content (AvgIpc) is 2.86. The van der Waals surface area contributed by atoms with Gasteiger partial charge in [0.15, 0.2) is 0 Å². The maximum Gasteiger partial charge on any atom is 0.129 e. The molecule has 0 radical (unpaired) electrons. The molecular weight excluding hydrogens is 186 g/mol. The van der Waals surface area contributed by atoms with Gasteiger partial charge in [-0.3, -0.25) is 0 Å². The molecule has 1 aromatic rings. The van der Waals surface area contributed by atoms with Gasteiger partial charge in [0.25, 0.3) is 0 Å². The number of pyridine rings is 1. The first-order valence-electron chi connectivity index (χ1n) is 4.45. The Morgan fingerprint density at radius 3 is 2.62 bits per heavy atom. The van der Waals surface area contributed by atoms with E-state index in [-0.39, 0.29) is 11.5 Å². The lowest BCUT2D eigenvalue weighted by molar-refractivity contribution is 0.150. The molecule has 1 N–H and O–H groups in total. The molecular formula is C10H12ClNO. The second-order valence-electron chi connectivity index (χ2n) is 3.70. The van der Waals surface area contributed by atoms with Crippen molar-refractivity contribution in [3.8, 4) is 0 Å². The molecule has 3 heteroatoms. The van der Waals surface area contributed by atoms with E-state index in [9.17, 15) is 5.11 Å². The number of nitrogens with zero attached hydrogens (tertiary/aromatic N) is 1. The lowest BCUT2D eigenvalue weighted by Gasteiger charge is -2.18. The van der Waals surface area contributed by atoms with Crippen LogP contribution in [0.2, 0.25) is 5.15 Å². The molecule has 2 nitrogen and oxygen atoms in total. The van der Waals surface area contributed by atoms with Gasteiger partial charge in [-0.15, -0.1) is 0 Å². The third-order valence-electron chi connectivity index (χ3n) is 2.89. The highest BCUT2D eigenvalue weighted by Crippen LogP contribution is 2.50. The Hall–Kier alpha value is -0.600. The summed E-state index contributed by atoms with van der Waals surface area (Å²) in [5, 5.41) is 10.1. The zero-order valence-corrected chi connectivity index (χ0v) is 8.25. The van der Waals surface area contributed by atoms with Crippen molar-refractivity contribution in [2.24, 2.45) is 0 Å². The minimum Gasteiger partial charge on any atom is -0.392 e. The third-order valence-corrected chi connectivity index (χ3v) is 3.11. The molecule has 0 aromatic carbocycles. The minimum atomic E-state index is -0.296. The molecule has 1 heterocycles. The zero-order chi connectivity index (χ0) is 9.47. The van der Waals surface area contributed by atoms with E-state index in [4.69, 9.17) is 11.6 Å². The fourth-order valence-electron chi connectivity index (χ4n) is 1.75. The van der Waals surface area contributed by atoms with Crippen LogP contribution in [0.15, 0.2) is 18.3 Å². The number of aromatic nitrogens is 1. The van der Waals surface area contributed by atoms with Crippen LogP contribution < -0.4 is 0 Å². The fourth-order valence-corrected chi connectivity index (χ4v) is 1.86. The van der Waals surface area contributed by atoms with E-state index >= 15 is 0 Å². The summed E-state index contributed by atoms with van der Waals surface area (Å²) in [4.78, 5) is 4.02. The standard InChI is InChI=1S/C10H12ClNO/c1-7(13)10(4-5-10)8-2-3-9(11)12-6-8/h2-3,6-7,13H,4-5H2,1H3. The molecule has 0 saturated heterocycles. The molecule has 1 atom stereocenters. The average molecular weight is 198 g/mol. The zero-order valence-electron chi connectivity index (χ0n) is 7.50. The van der Waals surface area contributed by atoms with Gasteiger partial charge in [-0.05, 0) is 31.4 Å². The third kappa shape index (κ3) is 1.45. The first-order chi connectivity index (χ1) is 6.15. The van der Waals surface area contributed by atoms with Crippen LogP contribution in [-0.2, 0) is 5.41 Å². The second-order valence-corrected chi connectivity index (χ2v) is 4.09. The Kier molecular flexibility index (Phi) is 2.05. The number of halogens is 1. The summed E-state index contributed by atoms with van der Waals surface area (Å²) in [5.41, 5.74) is 1.07. The molecule has 1 saturated carbocycles. The van der Waals surface area contributed by atoms with Gasteiger partial charge in [-0.2, -0.15) is 0 Å². The van der Waals surface area contributed by atoms with E-state index < -0.39 is 0 Å². The van der Waals surface area contributed by atoms with Crippen molar-refractivity contribution >= 4 is 11.6 Å². The Labute approximate surface area is 82.6 Å². The van der Waals surface area contributed by atoms with Crippen LogP contribution in [0.25, 0.3) is 0 Å². The van der Waals surface area contributed by atoms with Crippen molar-refractivity contribution in [3.05, 3.63) is 29.0 Å². The maximum absolute atomic E-state index is 9.60. The molecule has 1 aliphatic carbocycles. The molecule has 1 fully saturated rings. The topological polar surface area (TPSA) is 33.1 Å². The molecule has 0 aliphatic heterocycles. The fraction of sp³-hybridized carbons (Fsp3) is 0.500. The van der Waals surface area contributed by atoms with Crippen LogP contribution >= 0.6 is 11.6 Å². The predicted octanol–water partition coefficient (Wildman–Crippen LogP) is 2.15. The molecule has 13 heavy (non-hydrogen) atoms. The Morgan fingerprint density at radius 2 is 2.23 bits per heavy atom. The van der Waals surface area contributed by atoms with Crippen LogP contribution in [-0.4, -0.2) is 16.2 Å². The van der Waals surface area contributed by atoms with Crippen molar-refractivity contribution in [2.45, 2.75) is 31.3 Å². The molecule has 1 aromatic heterocycles. The summed E-state index contributed by atoms with van der Waals surface area (Å²) in [7, 11) is 0. The smallest absolute Gasteiger partial charge is 0.129 e. The van der Waals surface area contributed by atoms with Gasteiger partial charge in [-0.25, -0.2) is 4.98 Å². The predicted molar refractivity (Wildman–Crippen MR) is 51.8 cm³/mol. The van der Waals surface area contributed by atoms with Gasteiger partial charge in [0.2, 0.25) is 0 Å².